The van der Waals surface area contributed by atoms with Crippen LogP contribution < -0.4 is 0 Å². The van der Waals surface area contributed by atoms with Gasteiger partial charge in [-0.05, 0) is 45.7 Å². The fourth-order valence-corrected chi connectivity index (χ4v) is 4.81. The highest BCUT2D eigenvalue weighted by Crippen LogP contribution is 2.35. The minimum absolute atomic E-state index is 0.914. The van der Waals surface area contributed by atoms with Gasteiger partial charge in [-0.1, -0.05) is 31.9 Å². The standard InChI is InChI=1S/C9H5Br2IS/c10-4-5-3-7(11)6-1-2-13-9(6)8(5)12/h1-3H,4H2. The molecule has 0 saturated carbocycles. The molecular formula is C9H5Br2IS. The average Bonchev–Trinajstić information content (AvgIpc) is 2.60. The molecule has 0 aliphatic heterocycles. The molecule has 2 rings (SSSR count). The largest absolute Gasteiger partial charge is 0.143 e. The third-order valence-electron chi connectivity index (χ3n) is 1.85. The van der Waals surface area contributed by atoms with Gasteiger partial charge in [-0.3, -0.25) is 0 Å². The van der Waals surface area contributed by atoms with Crippen LogP contribution in [-0.4, -0.2) is 0 Å². The molecule has 0 atom stereocenters. The number of rotatable bonds is 1. The quantitative estimate of drug-likeness (QED) is 0.432. The van der Waals surface area contributed by atoms with E-state index in [2.05, 4.69) is 72.0 Å². The van der Waals surface area contributed by atoms with Crippen LogP contribution in [0.25, 0.3) is 10.1 Å². The lowest BCUT2D eigenvalue weighted by molar-refractivity contribution is 1.43. The molecule has 0 aliphatic carbocycles. The number of fused-ring (bicyclic) bond motifs is 1. The Labute approximate surface area is 111 Å². The lowest BCUT2D eigenvalue weighted by atomic mass is 10.2. The molecule has 0 saturated heterocycles. The molecule has 0 unspecified atom stereocenters. The van der Waals surface area contributed by atoms with Crippen LogP contribution in [0.3, 0.4) is 0 Å². The predicted molar refractivity (Wildman–Crippen MR) is 74.9 cm³/mol. The second kappa shape index (κ2) is 4.16. The summed E-state index contributed by atoms with van der Waals surface area (Å²) in [5.41, 5.74) is 1.35. The van der Waals surface area contributed by atoms with Crippen LogP contribution >= 0.6 is 65.8 Å². The maximum absolute atomic E-state index is 3.58. The summed E-state index contributed by atoms with van der Waals surface area (Å²) in [6.07, 6.45) is 0. The van der Waals surface area contributed by atoms with E-state index < -0.39 is 0 Å². The minimum Gasteiger partial charge on any atom is -0.143 e. The molecule has 2 aromatic rings. The Morgan fingerprint density at radius 2 is 2.23 bits per heavy atom. The number of thiophene rings is 1. The van der Waals surface area contributed by atoms with Gasteiger partial charge in [-0.2, -0.15) is 0 Å². The lowest BCUT2D eigenvalue weighted by Gasteiger charge is -2.03. The highest BCUT2D eigenvalue weighted by atomic mass is 127. The molecule has 1 heterocycles. The van der Waals surface area contributed by atoms with Gasteiger partial charge >= 0.3 is 0 Å². The van der Waals surface area contributed by atoms with Gasteiger partial charge in [0.1, 0.15) is 0 Å². The van der Waals surface area contributed by atoms with E-state index in [-0.39, 0.29) is 0 Å². The van der Waals surface area contributed by atoms with E-state index >= 15 is 0 Å². The van der Waals surface area contributed by atoms with Crippen molar-refractivity contribution in [2.45, 2.75) is 5.33 Å². The molecule has 0 bridgehead atoms. The topological polar surface area (TPSA) is 0 Å². The first kappa shape index (κ1) is 10.4. The number of alkyl halides is 1. The molecule has 0 spiro atoms. The van der Waals surface area contributed by atoms with Crippen LogP contribution in [0.4, 0.5) is 0 Å². The van der Waals surface area contributed by atoms with E-state index in [1.165, 1.54) is 23.7 Å². The Morgan fingerprint density at radius 1 is 1.46 bits per heavy atom. The summed E-state index contributed by atoms with van der Waals surface area (Å²) in [6.45, 7) is 0. The highest BCUT2D eigenvalue weighted by Gasteiger charge is 2.08. The van der Waals surface area contributed by atoms with Crippen LogP contribution in [0.5, 0.6) is 0 Å². The summed E-state index contributed by atoms with van der Waals surface area (Å²) >= 11 is 11.3. The molecule has 13 heavy (non-hydrogen) atoms. The minimum atomic E-state index is 0.914. The summed E-state index contributed by atoms with van der Waals surface area (Å²) in [5, 5.41) is 4.37. The molecule has 0 nitrogen and oxygen atoms in total. The molecular weight excluding hydrogens is 427 g/mol. The van der Waals surface area contributed by atoms with Crippen molar-refractivity contribution in [2.75, 3.05) is 0 Å². The van der Waals surface area contributed by atoms with Crippen molar-refractivity contribution in [2.24, 2.45) is 0 Å². The maximum Gasteiger partial charge on any atom is 0.0490 e. The van der Waals surface area contributed by atoms with E-state index in [1.54, 1.807) is 11.3 Å². The summed E-state index contributed by atoms with van der Waals surface area (Å²) in [7, 11) is 0. The van der Waals surface area contributed by atoms with Gasteiger partial charge in [0.05, 0.1) is 0 Å². The van der Waals surface area contributed by atoms with E-state index in [0.717, 1.165) is 5.33 Å². The Kier molecular flexibility index (Phi) is 3.33. The van der Waals surface area contributed by atoms with Gasteiger partial charge in [0, 0.05) is 23.5 Å². The molecule has 68 valence electrons. The normalized spacial score (nSPS) is 11.0. The van der Waals surface area contributed by atoms with Crippen molar-refractivity contribution in [1.82, 2.24) is 0 Å². The summed E-state index contributed by atoms with van der Waals surface area (Å²) in [6, 6.07) is 4.34. The van der Waals surface area contributed by atoms with Crippen LogP contribution in [0, 0.1) is 3.57 Å². The fourth-order valence-electron chi connectivity index (χ4n) is 1.20. The first-order valence-corrected chi connectivity index (χ1v) is 7.51. The fraction of sp³-hybridized carbons (Fsp3) is 0.111. The van der Waals surface area contributed by atoms with Gasteiger partial charge in [0.2, 0.25) is 0 Å². The second-order valence-corrected chi connectivity index (χ2v) is 6.04. The van der Waals surface area contributed by atoms with Crippen molar-refractivity contribution in [3.05, 3.63) is 31.1 Å². The monoisotopic (exact) mass is 430 g/mol. The average molecular weight is 432 g/mol. The zero-order valence-electron chi connectivity index (χ0n) is 6.48. The zero-order valence-corrected chi connectivity index (χ0v) is 12.6. The van der Waals surface area contributed by atoms with Gasteiger partial charge in [0.25, 0.3) is 0 Å². The number of hydrogen-bond acceptors (Lipinski definition) is 1. The smallest absolute Gasteiger partial charge is 0.0490 e. The van der Waals surface area contributed by atoms with E-state index in [1.807, 2.05) is 0 Å². The van der Waals surface area contributed by atoms with Gasteiger partial charge in [-0.15, -0.1) is 11.3 Å². The molecule has 4 heteroatoms. The molecule has 1 aromatic carbocycles. The van der Waals surface area contributed by atoms with Crippen molar-refractivity contribution >= 4 is 75.9 Å². The molecule has 0 radical (unpaired) electrons. The van der Waals surface area contributed by atoms with Crippen LogP contribution in [0.15, 0.2) is 22.0 Å². The zero-order chi connectivity index (χ0) is 9.42. The lowest BCUT2D eigenvalue weighted by Crippen LogP contribution is -1.84. The first-order valence-electron chi connectivity index (χ1n) is 3.64. The summed E-state index contributed by atoms with van der Waals surface area (Å²) in [5.74, 6) is 0. The van der Waals surface area contributed by atoms with Crippen molar-refractivity contribution in [3.8, 4) is 0 Å². The second-order valence-electron chi connectivity index (χ2n) is 2.63. The molecule has 0 fully saturated rings. The van der Waals surface area contributed by atoms with Crippen molar-refractivity contribution in [1.29, 1.82) is 0 Å². The van der Waals surface area contributed by atoms with Crippen molar-refractivity contribution in [3.63, 3.8) is 0 Å². The van der Waals surface area contributed by atoms with E-state index in [4.69, 9.17) is 0 Å². The molecule has 1 aromatic heterocycles. The van der Waals surface area contributed by atoms with E-state index in [0.29, 0.717) is 0 Å². The summed E-state index contributed by atoms with van der Waals surface area (Å²) in [4.78, 5) is 0. The SMILES string of the molecule is BrCc1cc(Br)c2ccsc2c1I. The third kappa shape index (κ3) is 1.82. The first-order chi connectivity index (χ1) is 6.24. The third-order valence-corrected chi connectivity index (χ3v) is 5.64. The maximum atomic E-state index is 3.58. The Hall–Kier alpha value is 0.870. The van der Waals surface area contributed by atoms with Gasteiger partial charge in [-0.25, -0.2) is 0 Å². The van der Waals surface area contributed by atoms with E-state index in [9.17, 15) is 0 Å². The van der Waals surface area contributed by atoms with Crippen LogP contribution in [0.2, 0.25) is 0 Å². The highest BCUT2D eigenvalue weighted by molar-refractivity contribution is 14.1. The Balaban J connectivity index is 2.85. The number of halogens is 3. The van der Waals surface area contributed by atoms with Gasteiger partial charge in [0.15, 0.2) is 0 Å². The summed E-state index contributed by atoms with van der Waals surface area (Å²) < 4.78 is 3.94. The predicted octanol–water partition coefficient (Wildman–Crippen LogP) is 5.16. The van der Waals surface area contributed by atoms with Crippen LogP contribution in [-0.2, 0) is 5.33 Å². The van der Waals surface area contributed by atoms with Crippen molar-refractivity contribution < 1.29 is 0 Å². The van der Waals surface area contributed by atoms with Crippen LogP contribution in [0.1, 0.15) is 5.56 Å². The Bertz CT molecular complexity index is 450. The Morgan fingerprint density at radius 3 is 2.92 bits per heavy atom. The molecule has 0 aliphatic rings. The number of hydrogen-bond donors (Lipinski definition) is 0. The molecule has 0 amide bonds. The van der Waals surface area contributed by atoms with Gasteiger partial charge < -0.3 is 0 Å². The molecule has 0 N–H and O–H groups in total. The number of benzene rings is 1.